The largest absolute Gasteiger partial charge is 0.342 e. The summed E-state index contributed by atoms with van der Waals surface area (Å²) >= 11 is 0. The van der Waals surface area contributed by atoms with E-state index >= 15 is 0 Å². The molecule has 152 valence electrons. The molecule has 1 amide bonds. The summed E-state index contributed by atoms with van der Waals surface area (Å²) in [4.78, 5) is 19.9. The highest BCUT2D eigenvalue weighted by atomic mass is 16.2. The number of aliphatic imine (C=N–C) groups is 1. The Morgan fingerprint density at radius 3 is 2.59 bits per heavy atom. The Kier molecular flexibility index (Phi) is 5.17. The van der Waals surface area contributed by atoms with Gasteiger partial charge in [-0.05, 0) is 23.6 Å². The van der Waals surface area contributed by atoms with Gasteiger partial charge < -0.3 is 10.2 Å². The van der Waals surface area contributed by atoms with Crippen molar-refractivity contribution in [1.29, 1.82) is 0 Å². The van der Waals surface area contributed by atoms with Gasteiger partial charge in [0.05, 0.1) is 12.1 Å². The summed E-state index contributed by atoms with van der Waals surface area (Å²) in [6, 6.07) is 18.6. The van der Waals surface area contributed by atoms with Gasteiger partial charge in [-0.2, -0.15) is 0 Å². The van der Waals surface area contributed by atoms with E-state index in [1.54, 1.807) is 0 Å². The van der Waals surface area contributed by atoms with Gasteiger partial charge in [-0.1, -0.05) is 69.3 Å². The van der Waals surface area contributed by atoms with Crippen LogP contribution < -0.4 is 10.6 Å². The molecule has 2 aromatic rings. The number of hydrogen-bond acceptors (Lipinski definition) is 3. The highest BCUT2D eigenvalue weighted by Crippen LogP contribution is 2.32. The summed E-state index contributed by atoms with van der Waals surface area (Å²) in [5, 5.41) is 7.36. The maximum Gasteiger partial charge on any atom is 0.228 e. The normalized spacial score (nSPS) is 23.0. The van der Waals surface area contributed by atoms with Crippen LogP contribution in [-0.4, -0.2) is 35.3 Å². The molecule has 2 aromatic carbocycles. The van der Waals surface area contributed by atoms with E-state index in [4.69, 9.17) is 4.99 Å². The lowest BCUT2D eigenvalue weighted by molar-refractivity contribution is -0.138. The van der Waals surface area contributed by atoms with E-state index in [9.17, 15) is 4.79 Å². The quantitative estimate of drug-likeness (QED) is 0.820. The van der Waals surface area contributed by atoms with Gasteiger partial charge >= 0.3 is 0 Å². The molecule has 2 aliphatic rings. The number of para-hydroxylation sites is 1. The lowest BCUT2D eigenvalue weighted by Crippen LogP contribution is -2.56. The van der Waals surface area contributed by atoms with Crippen LogP contribution in [0.2, 0.25) is 0 Å². The van der Waals surface area contributed by atoms with E-state index in [-0.39, 0.29) is 16.9 Å². The fraction of sp³-hybridized carbons (Fsp3) is 0.417. The van der Waals surface area contributed by atoms with Gasteiger partial charge in [-0.25, -0.2) is 0 Å². The van der Waals surface area contributed by atoms with Gasteiger partial charge in [-0.3, -0.25) is 15.1 Å². The summed E-state index contributed by atoms with van der Waals surface area (Å²) in [7, 11) is 0. The van der Waals surface area contributed by atoms with Gasteiger partial charge in [0.2, 0.25) is 5.91 Å². The number of amidine groups is 1. The van der Waals surface area contributed by atoms with E-state index in [0.717, 1.165) is 31.0 Å². The first kappa shape index (κ1) is 19.6. The number of hydrogen-bond donors (Lipinski definition) is 2. The molecular formula is C24H30N4O. The highest BCUT2D eigenvalue weighted by molar-refractivity contribution is 6.04. The van der Waals surface area contributed by atoms with Crippen molar-refractivity contribution in [2.75, 3.05) is 18.4 Å². The van der Waals surface area contributed by atoms with Crippen molar-refractivity contribution in [2.24, 2.45) is 10.4 Å². The number of nitrogens with one attached hydrogen (secondary N) is 2. The minimum absolute atomic E-state index is 0.195. The molecule has 4 rings (SSSR count). The Labute approximate surface area is 173 Å². The molecule has 1 atom stereocenters. The number of benzene rings is 2. The van der Waals surface area contributed by atoms with Gasteiger partial charge in [-0.15, -0.1) is 0 Å². The van der Waals surface area contributed by atoms with Crippen LogP contribution in [0.3, 0.4) is 0 Å². The van der Waals surface area contributed by atoms with Crippen LogP contribution in [0.5, 0.6) is 0 Å². The Balaban J connectivity index is 1.66. The topological polar surface area (TPSA) is 56.7 Å². The number of likely N-dealkylation sites (tertiary alicyclic amines) is 1. The number of rotatable bonds is 2. The molecule has 5 heteroatoms. The zero-order valence-corrected chi connectivity index (χ0v) is 17.5. The second kappa shape index (κ2) is 7.64. The standard InChI is InChI=1S/C24H30N4O/c1-23(2,3)22(29)28-14-13-24(17-28)21(25-15-18-9-5-4-6-10-18)27-20-12-8-7-11-19(20)16-26-24/h4-12,26H,13-17H2,1-3H3,(H,25,27)/t24-/m0/s1. The number of carbonyl (C=O) groups is 1. The van der Waals surface area contributed by atoms with Crippen molar-refractivity contribution >= 4 is 17.4 Å². The third-order valence-corrected chi connectivity index (χ3v) is 5.80. The fourth-order valence-electron chi connectivity index (χ4n) is 4.13. The second-order valence-electron chi connectivity index (χ2n) is 9.09. The van der Waals surface area contributed by atoms with Crippen molar-refractivity contribution in [3.8, 4) is 0 Å². The van der Waals surface area contributed by atoms with E-state index in [1.807, 2.05) is 49.9 Å². The van der Waals surface area contributed by atoms with Gasteiger partial charge in [0.1, 0.15) is 5.84 Å². The zero-order chi connectivity index (χ0) is 20.5. The van der Waals surface area contributed by atoms with Crippen molar-refractivity contribution < 1.29 is 4.79 Å². The first-order valence-electron chi connectivity index (χ1n) is 10.4. The monoisotopic (exact) mass is 390 g/mol. The molecule has 2 aliphatic heterocycles. The summed E-state index contributed by atoms with van der Waals surface area (Å²) < 4.78 is 0. The molecule has 0 aromatic heterocycles. The molecule has 1 spiro atoms. The van der Waals surface area contributed by atoms with Crippen molar-refractivity contribution in [3.05, 3.63) is 65.7 Å². The third-order valence-electron chi connectivity index (χ3n) is 5.80. The first-order chi connectivity index (χ1) is 13.9. The van der Waals surface area contributed by atoms with Crippen molar-refractivity contribution in [1.82, 2.24) is 10.2 Å². The number of nitrogens with zero attached hydrogens (tertiary/aromatic N) is 2. The smallest absolute Gasteiger partial charge is 0.228 e. The van der Waals surface area contributed by atoms with Gasteiger partial charge in [0.25, 0.3) is 0 Å². The van der Waals surface area contributed by atoms with E-state index in [0.29, 0.717) is 13.1 Å². The number of fused-ring (bicyclic) bond motifs is 1. The molecule has 1 fully saturated rings. The highest BCUT2D eigenvalue weighted by Gasteiger charge is 2.46. The van der Waals surface area contributed by atoms with Crippen molar-refractivity contribution in [2.45, 2.75) is 45.8 Å². The van der Waals surface area contributed by atoms with Crippen LogP contribution in [0.15, 0.2) is 59.6 Å². The van der Waals surface area contributed by atoms with Gasteiger partial charge in [0.15, 0.2) is 0 Å². The van der Waals surface area contributed by atoms with Gasteiger partial charge in [0, 0.05) is 30.7 Å². The Morgan fingerprint density at radius 2 is 1.83 bits per heavy atom. The third kappa shape index (κ3) is 4.06. The number of carbonyl (C=O) groups excluding carboxylic acids is 1. The van der Waals surface area contributed by atoms with Crippen LogP contribution in [-0.2, 0) is 17.9 Å². The molecule has 29 heavy (non-hydrogen) atoms. The average molecular weight is 391 g/mol. The summed E-state index contributed by atoms with van der Waals surface area (Å²) in [5.41, 5.74) is 2.75. The molecule has 2 N–H and O–H groups in total. The molecule has 1 saturated heterocycles. The molecule has 0 unspecified atom stereocenters. The second-order valence-corrected chi connectivity index (χ2v) is 9.09. The Bertz CT molecular complexity index is 916. The fourth-order valence-corrected chi connectivity index (χ4v) is 4.13. The first-order valence-corrected chi connectivity index (χ1v) is 10.4. The van der Waals surface area contributed by atoms with E-state index < -0.39 is 0 Å². The van der Waals surface area contributed by atoms with Crippen LogP contribution in [0, 0.1) is 5.41 Å². The van der Waals surface area contributed by atoms with Crippen LogP contribution in [0.4, 0.5) is 5.69 Å². The summed E-state index contributed by atoms with van der Waals surface area (Å²) in [5.74, 6) is 1.12. The lowest BCUT2D eigenvalue weighted by atomic mass is 9.94. The predicted molar refractivity (Wildman–Crippen MR) is 118 cm³/mol. The van der Waals surface area contributed by atoms with Crippen LogP contribution in [0.1, 0.15) is 38.3 Å². The Morgan fingerprint density at radius 1 is 1.10 bits per heavy atom. The summed E-state index contributed by atoms with van der Waals surface area (Å²) in [6.45, 7) is 8.70. The lowest BCUT2D eigenvalue weighted by Gasteiger charge is -2.32. The Hall–Kier alpha value is -2.66. The average Bonchev–Trinajstić information content (AvgIpc) is 3.08. The zero-order valence-electron chi connectivity index (χ0n) is 17.5. The maximum atomic E-state index is 12.9. The predicted octanol–water partition coefficient (Wildman–Crippen LogP) is 3.82. The molecule has 2 heterocycles. The van der Waals surface area contributed by atoms with Crippen LogP contribution in [0.25, 0.3) is 0 Å². The van der Waals surface area contributed by atoms with Crippen LogP contribution >= 0.6 is 0 Å². The van der Waals surface area contributed by atoms with Crippen molar-refractivity contribution in [3.63, 3.8) is 0 Å². The molecule has 0 radical (unpaired) electrons. The number of anilines is 1. The summed E-state index contributed by atoms with van der Waals surface area (Å²) in [6.07, 6.45) is 0.851. The van der Waals surface area contributed by atoms with E-state index in [2.05, 4.69) is 41.0 Å². The number of amides is 1. The minimum Gasteiger partial charge on any atom is -0.342 e. The molecule has 0 aliphatic carbocycles. The molecule has 0 bridgehead atoms. The van der Waals surface area contributed by atoms with E-state index in [1.165, 1.54) is 11.1 Å². The molecule has 0 saturated carbocycles. The SMILES string of the molecule is CC(C)(C)C(=O)N1CC[C@@]2(C1)NCc1ccccc1NC2=NCc1ccccc1. The minimum atomic E-state index is -0.381. The maximum absolute atomic E-state index is 12.9. The molecular weight excluding hydrogens is 360 g/mol. The molecule has 5 nitrogen and oxygen atoms in total.